The Morgan fingerprint density at radius 1 is 1.07 bits per heavy atom. The van der Waals surface area contributed by atoms with E-state index in [1.165, 1.54) is 26.2 Å². The number of para-hydroxylation sites is 2. The number of amides is 1. The van der Waals surface area contributed by atoms with Crippen LogP contribution in [0, 0.1) is 0 Å². The predicted molar refractivity (Wildman–Crippen MR) is 108 cm³/mol. The summed E-state index contributed by atoms with van der Waals surface area (Å²) in [5, 5.41) is 2.70. The number of hydrogen-bond acceptors (Lipinski definition) is 5. The number of nitrogens with one attached hydrogen (secondary N) is 1. The van der Waals surface area contributed by atoms with Crippen molar-refractivity contribution in [2.24, 2.45) is 0 Å². The molecule has 3 aromatic rings. The molecule has 3 rings (SSSR count). The maximum atomic E-state index is 12.4. The quantitative estimate of drug-likeness (QED) is 0.645. The van der Waals surface area contributed by atoms with Crippen LogP contribution in [0.2, 0.25) is 0 Å². The molecule has 1 aromatic heterocycles. The van der Waals surface area contributed by atoms with Gasteiger partial charge < -0.3 is 5.32 Å². The molecule has 0 aliphatic carbocycles. The van der Waals surface area contributed by atoms with Crippen LogP contribution < -0.4 is 5.32 Å². The minimum Gasteiger partial charge on any atom is -0.348 e. The highest BCUT2D eigenvalue weighted by molar-refractivity contribution is 7.89. The molecule has 0 bridgehead atoms. The van der Waals surface area contributed by atoms with Crippen LogP contribution >= 0.6 is 0 Å². The van der Waals surface area contributed by atoms with Crippen LogP contribution in [0.25, 0.3) is 17.1 Å². The molecular weight excluding hydrogens is 376 g/mol. The summed E-state index contributed by atoms with van der Waals surface area (Å²) in [6.45, 7) is 0.0931. The first kappa shape index (κ1) is 19.7. The average Bonchev–Trinajstić information content (AvgIpc) is 2.70. The molecule has 0 saturated heterocycles. The van der Waals surface area contributed by atoms with Gasteiger partial charge in [0.25, 0.3) is 0 Å². The van der Waals surface area contributed by atoms with Crippen LogP contribution in [-0.4, -0.2) is 42.7 Å². The lowest BCUT2D eigenvalue weighted by Gasteiger charge is -2.15. The Balaban J connectivity index is 1.70. The standard InChI is InChI=1S/C20H20N4O3S/c1-24(2)28(26,27)19-10-6-3-7-15(19)13-22-20(25)12-11-16-14-21-17-8-4-5-9-18(17)23-16/h3-12,14H,13H2,1-2H3,(H,22,25)/b12-11+. The molecule has 0 spiro atoms. The van der Waals surface area contributed by atoms with Crippen LogP contribution in [0.5, 0.6) is 0 Å². The Labute approximate surface area is 163 Å². The summed E-state index contributed by atoms with van der Waals surface area (Å²) in [6, 6.07) is 14.1. The SMILES string of the molecule is CN(C)S(=O)(=O)c1ccccc1CNC(=O)/C=C/c1cnc2ccccc2n1. The molecule has 8 heteroatoms. The number of sulfonamides is 1. The first-order valence-electron chi connectivity index (χ1n) is 8.56. The summed E-state index contributed by atoms with van der Waals surface area (Å²) in [4.78, 5) is 21.0. The summed E-state index contributed by atoms with van der Waals surface area (Å²) >= 11 is 0. The number of benzene rings is 2. The van der Waals surface area contributed by atoms with Gasteiger partial charge >= 0.3 is 0 Å². The molecule has 2 aromatic carbocycles. The zero-order valence-corrected chi connectivity index (χ0v) is 16.3. The van der Waals surface area contributed by atoms with Gasteiger partial charge in [-0.15, -0.1) is 0 Å². The largest absolute Gasteiger partial charge is 0.348 e. The molecule has 1 N–H and O–H groups in total. The first-order chi connectivity index (χ1) is 13.4. The Morgan fingerprint density at radius 3 is 2.50 bits per heavy atom. The molecule has 144 valence electrons. The number of nitrogens with zero attached hydrogens (tertiary/aromatic N) is 3. The minimum atomic E-state index is -3.59. The van der Waals surface area contributed by atoms with Gasteiger partial charge in [-0.1, -0.05) is 30.3 Å². The van der Waals surface area contributed by atoms with Crippen molar-refractivity contribution in [2.75, 3.05) is 14.1 Å². The number of carbonyl (C=O) groups is 1. The van der Waals surface area contributed by atoms with E-state index in [2.05, 4.69) is 15.3 Å². The third-order valence-electron chi connectivity index (χ3n) is 4.06. The lowest BCUT2D eigenvalue weighted by atomic mass is 10.2. The fraction of sp³-hybridized carbons (Fsp3) is 0.150. The third kappa shape index (κ3) is 4.41. The highest BCUT2D eigenvalue weighted by Gasteiger charge is 2.20. The fourth-order valence-corrected chi connectivity index (χ4v) is 3.67. The van der Waals surface area contributed by atoms with E-state index >= 15 is 0 Å². The van der Waals surface area contributed by atoms with Crippen molar-refractivity contribution in [3.8, 4) is 0 Å². The smallest absolute Gasteiger partial charge is 0.244 e. The van der Waals surface area contributed by atoms with E-state index < -0.39 is 10.0 Å². The monoisotopic (exact) mass is 396 g/mol. The minimum absolute atomic E-state index is 0.0931. The summed E-state index contributed by atoms with van der Waals surface area (Å²) in [6.07, 6.45) is 4.50. The molecule has 28 heavy (non-hydrogen) atoms. The zero-order valence-electron chi connectivity index (χ0n) is 15.5. The van der Waals surface area contributed by atoms with Crippen LogP contribution in [0.3, 0.4) is 0 Å². The van der Waals surface area contributed by atoms with Gasteiger partial charge in [-0.25, -0.2) is 17.7 Å². The summed E-state index contributed by atoms with van der Waals surface area (Å²) in [7, 11) is -0.645. The summed E-state index contributed by atoms with van der Waals surface area (Å²) in [5.41, 5.74) is 2.60. The van der Waals surface area contributed by atoms with E-state index in [1.807, 2.05) is 24.3 Å². The van der Waals surface area contributed by atoms with Crippen LogP contribution in [0.15, 0.2) is 65.7 Å². The summed E-state index contributed by atoms with van der Waals surface area (Å²) < 4.78 is 25.9. The second-order valence-corrected chi connectivity index (χ2v) is 8.35. The Kier molecular flexibility index (Phi) is 5.81. The van der Waals surface area contributed by atoms with Crippen molar-refractivity contribution in [1.82, 2.24) is 19.6 Å². The van der Waals surface area contributed by atoms with Crippen molar-refractivity contribution in [2.45, 2.75) is 11.4 Å². The second kappa shape index (κ2) is 8.28. The van der Waals surface area contributed by atoms with Crippen LogP contribution in [0.1, 0.15) is 11.3 Å². The lowest BCUT2D eigenvalue weighted by Crippen LogP contribution is -2.26. The van der Waals surface area contributed by atoms with Gasteiger partial charge in [0.1, 0.15) is 0 Å². The van der Waals surface area contributed by atoms with Gasteiger partial charge in [0.15, 0.2) is 0 Å². The normalized spacial score (nSPS) is 12.0. The van der Waals surface area contributed by atoms with Crippen LogP contribution in [-0.2, 0) is 21.4 Å². The molecule has 1 heterocycles. The average molecular weight is 396 g/mol. The maximum Gasteiger partial charge on any atom is 0.244 e. The third-order valence-corrected chi connectivity index (χ3v) is 5.97. The first-order valence-corrected chi connectivity index (χ1v) is 10.00. The lowest BCUT2D eigenvalue weighted by molar-refractivity contribution is -0.116. The molecule has 0 aliphatic heterocycles. The van der Waals surface area contributed by atoms with Gasteiger partial charge in [-0.05, 0) is 29.8 Å². The number of hydrogen-bond donors (Lipinski definition) is 1. The topological polar surface area (TPSA) is 92.3 Å². The van der Waals surface area contributed by atoms with Gasteiger partial charge in [-0.2, -0.15) is 0 Å². The molecule has 0 fully saturated rings. The fourth-order valence-electron chi connectivity index (χ4n) is 2.55. The molecule has 0 unspecified atom stereocenters. The van der Waals surface area contributed by atoms with E-state index in [0.717, 1.165) is 15.3 Å². The summed E-state index contributed by atoms with van der Waals surface area (Å²) in [5.74, 6) is -0.355. The molecule has 0 atom stereocenters. The van der Waals surface area contributed by atoms with Gasteiger partial charge in [0.05, 0.1) is 27.8 Å². The highest BCUT2D eigenvalue weighted by atomic mass is 32.2. The van der Waals surface area contributed by atoms with Crippen molar-refractivity contribution in [3.05, 3.63) is 72.1 Å². The molecule has 1 amide bonds. The predicted octanol–water partition coefficient (Wildman–Crippen LogP) is 2.21. The Hall–Kier alpha value is -3.10. The maximum absolute atomic E-state index is 12.4. The number of aromatic nitrogens is 2. The second-order valence-electron chi connectivity index (χ2n) is 6.23. The number of fused-ring (bicyclic) bond motifs is 1. The number of rotatable bonds is 6. The van der Waals surface area contributed by atoms with Crippen molar-refractivity contribution < 1.29 is 13.2 Å². The van der Waals surface area contributed by atoms with Gasteiger partial charge in [-0.3, -0.25) is 9.78 Å². The van der Waals surface area contributed by atoms with E-state index in [9.17, 15) is 13.2 Å². The van der Waals surface area contributed by atoms with Gasteiger partial charge in [0.2, 0.25) is 15.9 Å². The highest BCUT2D eigenvalue weighted by Crippen LogP contribution is 2.18. The Morgan fingerprint density at radius 2 is 1.75 bits per heavy atom. The number of carbonyl (C=O) groups excluding carboxylic acids is 1. The van der Waals surface area contributed by atoms with Gasteiger partial charge in [0, 0.05) is 26.7 Å². The molecule has 0 aliphatic rings. The van der Waals surface area contributed by atoms with Crippen LogP contribution in [0.4, 0.5) is 0 Å². The van der Waals surface area contributed by atoms with Crippen molar-refractivity contribution in [3.63, 3.8) is 0 Å². The van der Waals surface area contributed by atoms with E-state index in [1.54, 1.807) is 30.5 Å². The van der Waals surface area contributed by atoms with Crippen molar-refractivity contribution >= 4 is 33.0 Å². The Bertz CT molecular complexity index is 1140. The molecule has 0 radical (unpaired) electrons. The molecular formula is C20H20N4O3S. The van der Waals surface area contributed by atoms with E-state index in [-0.39, 0.29) is 17.3 Å². The van der Waals surface area contributed by atoms with Crippen molar-refractivity contribution in [1.29, 1.82) is 0 Å². The molecule has 0 saturated carbocycles. The van der Waals surface area contributed by atoms with E-state index in [0.29, 0.717) is 11.3 Å². The zero-order chi connectivity index (χ0) is 20.1. The molecule has 7 nitrogen and oxygen atoms in total. The van der Waals surface area contributed by atoms with E-state index in [4.69, 9.17) is 0 Å².